The molecule has 0 atom stereocenters. The van der Waals surface area contributed by atoms with Crippen LogP contribution < -0.4 is 5.19 Å². The first-order valence-corrected chi connectivity index (χ1v) is 8.59. The molecule has 0 unspecified atom stereocenters. The van der Waals surface area contributed by atoms with E-state index in [2.05, 4.69) is 42.7 Å². The number of nitrogens with zero attached hydrogens (tertiary/aromatic N) is 1. The molecule has 0 aliphatic rings. The van der Waals surface area contributed by atoms with Gasteiger partial charge in [0.05, 0.1) is 0 Å². The molecule has 3 nitrogen and oxygen atoms in total. The summed E-state index contributed by atoms with van der Waals surface area (Å²) >= 11 is 0. The van der Waals surface area contributed by atoms with Crippen LogP contribution in [0.2, 0.25) is 0 Å². The van der Waals surface area contributed by atoms with Gasteiger partial charge < -0.3 is 8.85 Å². The Morgan fingerprint density at radius 3 is 1.78 bits per heavy atom. The molecule has 0 radical (unpaired) electrons. The highest BCUT2D eigenvalue weighted by molar-refractivity contribution is 6.78. The summed E-state index contributed by atoms with van der Waals surface area (Å²) in [7, 11) is -2.47. The summed E-state index contributed by atoms with van der Waals surface area (Å²) in [4.78, 5) is 0. The van der Waals surface area contributed by atoms with E-state index in [1.807, 2.05) is 19.9 Å². The fourth-order valence-corrected chi connectivity index (χ4v) is 5.63. The van der Waals surface area contributed by atoms with Crippen molar-refractivity contribution in [3.63, 3.8) is 0 Å². The van der Waals surface area contributed by atoms with E-state index in [1.165, 1.54) is 5.19 Å². The lowest BCUT2D eigenvalue weighted by molar-refractivity contribution is 0.138. The summed E-state index contributed by atoms with van der Waals surface area (Å²) in [6, 6.07) is 10.4. The van der Waals surface area contributed by atoms with E-state index in [1.54, 1.807) is 0 Å². The van der Waals surface area contributed by atoms with Gasteiger partial charge in [-0.2, -0.15) is 0 Å². The maximum absolute atomic E-state index is 6.14. The van der Waals surface area contributed by atoms with Gasteiger partial charge in [-0.05, 0) is 26.9 Å². The third-order valence-corrected chi connectivity index (χ3v) is 6.89. The lowest BCUT2D eigenvalue weighted by Gasteiger charge is -2.38. The molecule has 0 fully saturated rings. The summed E-state index contributed by atoms with van der Waals surface area (Å²) in [5.74, 6) is 0. The minimum Gasteiger partial charge on any atom is -0.380 e. The Hall–Kier alpha value is -0.683. The van der Waals surface area contributed by atoms with Gasteiger partial charge in [0, 0.05) is 18.4 Å². The fourth-order valence-electron chi connectivity index (χ4n) is 2.25. The molecule has 18 heavy (non-hydrogen) atoms. The van der Waals surface area contributed by atoms with E-state index in [0.717, 1.165) is 13.1 Å². The second kappa shape index (κ2) is 7.69. The molecule has 4 heteroatoms. The Labute approximate surface area is 112 Å². The Kier molecular flexibility index (Phi) is 6.57. The zero-order valence-corrected chi connectivity index (χ0v) is 13.0. The smallest absolute Gasteiger partial charge is 0.380 e. The second-order valence-electron chi connectivity index (χ2n) is 3.99. The highest BCUT2D eigenvalue weighted by Gasteiger charge is 2.45. The van der Waals surface area contributed by atoms with E-state index in [9.17, 15) is 0 Å². The van der Waals surface area contributed by atoms with Crippen LogP contribution >= 0.6 is 0 Å². The normalized spacial score (nSPS) is 12.1. The largest absolute Gasteiger partial charge is 0.463 e. The maximum Gasteiger partial charge on any atom is 0.463 e. The Morgan fingerprint density at radius 1 is 0.889 bits per heavy atom. The van der Waals surface area contributed by atoms with E-state index >= 15 is 0 Å². The van der Waals surface area contributed by atoms with Gasteiger partial charge >= 0.3 is 8.72 Å². The van der Waals surface area contributed by atoms with Crippen molar-refractivity contribution < 1.29 is 8.85 Å². The molecule has 0 bridgehead atoms. The predicted molar refractivity (Wildman–Crippen MR) is 78.0 cm³/mol. The van der Waals surface area contributed by atoms with Crippen molar-refractivity contribution in [2.75, 3.05) is 26.3 Å². The summed E-state index contributed by atoms with van der Waals surface area (Å²) in [5.41, 5.74) is 0. The first kappa shape index (κ1) is 15.4. The number of rotatable bonds is 8. The molecule has 0 aromatic heterocycles. The van der Waals surface area contributed by atoms with Crippen LogP contribution in [0.5, 0.6) is 0 Å². The lowest BCUT2D eigenvalue weighted by Crippen LogP contribution is -2.66. The standard InChI is InChI=1S/C14H25NO2Si/c1-5-15(6-2)18(16-7-3,17-8-4)14-12-10-9-11-13-14/h9-13H,5-8H2,1-4H3. The van der Waals surface area contributed by atoms with Crippen LogP contribution in [0.15, 0.2) is 30.3 Å². The third kappa shape index (κ3) is 3.20. The molecular weight excluding hydrogens is 242 g/mol. The number of benzene rings is 1. The molecular formula is C14H25NO2Si. The molecule has 0 saturated heterocycles. The van der Waals surface area contributed by atoms with Gasteiger partial charge in [-0.25, -0.2) is 0 Å². The molecule has 102 valence electrons. The van der Waals surface area contributed by atoms with Crippen LogP contribution in [-0.2, 0) is 8.85 Å². The van der Waals surface area contributed by atoms with Crippen molar-refractivity contribution in [3.05, 3.63) is 30.3 Å². The molecule has 0 aliphatic carbocycles. The highest BCUT2D eigenvalue weighted by atomic mass is 28.4. The van der Waals surface area contributed by atoms with E-state index in [0.29, 0.717) is 13.2 Å². The minimum absolute atomic E-state index is 0.678. The summed E-state index contributed by atoms with van der Waals surface area (Å²) in [6.07, 6.45) is 0. The van der Waals surface area contributed by atoms with Gasteiger partial charge in [0.25, 0.3) is 0 Å². The minimum atomic E-state index is -2.47. The highest BCUT2D eigenvalue weighted by Crippen LogP contribution is 2.14. The summed E-state index contributed by atoms with van der Waals surface area (Å²) < 4.78 is 14.6. The van der Waals surface area contributed by atoms with Crippen LogP contribution in [0, 0.1) is 0 Å². The zero-order chi connectivity index (χ0) is 13.4. The second-order valence-corrected chi connectivity index (χ2v) is 6.94. The van der Waals surface area contributed by atoms with Crippen LogP contribution in [0.3, 0.4) is 0 Å². The third-order valence-electron chi connectivity index (χ3n) is 3.00. The van der Waals surface area contributed by atoms with E-state index in [4.69, 9.17) is 8.85 Å². The van der Waals surface area contributed by atoms with Crippen molar-refractivity contribution >= 4 is 13.9 Å². The Balaban J connectivity index is 3.19. The van der Waals surface area contributed by atoms with E-state index < -0.39 is 8.72 Å². The van der Waals surface area contributed by atoms with Gasteiger partial charge in [0.1, 0.15) is 0 Å². The Bertz CT molecular complexity index is 322. The van der Waals surface area contributed by atoms with Gasteiger partial charge in [-0.15, -0.1) is 0 Å². The molecule has 0 N–H and O–H groups in total. The molecule has 0 amide bonds. The lowest BCUT2D eigenvalue weighted by atomic mass is 10.4. The topological polar surface area (TPSA) is 21.7 Å². The molecule has 0 heterocycles. The van der Waals surface area contributed by atoms with Gasteiger partial charge in [-0.1, -0.05) is 44.2 Å². The summed E-state index contributed by atoms with van der Waals surface area (Å²) in [6.45, 7) is 11.6. The van der Waals surface area contributed by atoms with Crippen molar-refractivity contribution in [1.82, 2.24) is 4.57 Å². The average Bonchev–Trinajstić information content (AvgIpc) is 2.41. The quantitative estimate of drug-likeness (QED) is 0.674. The zero-order valence-electron chi connectivity index (χ0n) is 12.0. The van der Waals surface area contributed by atoms with E-state index in [-0.39, 0.29) is 0 Å². The Morgan fingerprint density at radius 2 is 1.39 bits per heavy atom. The maximum atomic E-state index is 6.14. The monoisotopic (exact) mass is 267 g/mol. The number of hydrogen-bond donors (Lipinski definition) is 0. The predicted octanol–water partition coefficient (Wildman–Crippen LogP) is 2.25. The molecule has 1 aromatic carbocycles. The van der Waals surface area contributed by atoms with Gasteiger partial charge in [-0.3, -0.25) is 4.57 Å². The summed E-state index contributed by atoms with van der Waals surface area (Å²) in [5, 5.41) is 1.19. The molecule has 1 rings (SSSR count). The van der Waals surface area contributed by atoms with Crippen LogP contribution in [0.25, 0.3) is 0 Å². The van der Waals surface area contributed by atoms with Gasteiger partial charge in [0.15, 0.2) is 0 Å². The van der Waals surface area contributed by atoms with Gasteiger partial charge in [0.2, 0.25) is 0 Å². The first-order chi connectivity index (χ1) is 8.75. The SMILES string of the molecule is CCO[Si](OCC)(c1ccccc1)N(CC)CC. The molecule has 0 spiro atoms. The molecule has 1 aromatic rings. The van der Waals surface area contributed by atoms with Crippen molar-refractivity contribution in [1.29, 1.82) is 0 Å². The van der Waals surface area contributed by atoms with Crippen molar-refractivity contribution in [2.24, 2.45) is 0 Å². The first-order valence-electron chi connectivity index (χ1n) is 6.83. The van der Waals surface area contributed by atoms with Crippen LogP contribution in [-0.4, -0.2) is 39.6 Å². The van der Waals surface area contributed by atoms with Crippen molar-refractivity contribution in [2.45, 2.75) is 27.7 Å². The van der Waals surface area contributed by atoms with Crippen LogP contribution in [0.1, 0.15) is 27.7 Å². The van der Waals surface area contributed by atoms with Crippen molar-refractivity contribution in [3.8, 4) is 0 Å². The average molecular weight is 267 g/mol. The molecule has 0 aliphatic heterocycles. The molecule has 0 saturated carbocycles. The van der Waals surface area contributed by atoms with Crippen LogP contribution in [0.4, 0.5) is 0 Å². The fraction of sp³-hybridized carbons (Fsp3) is 0.571. The number of hydrogen-bond acceptors (Lipinski definition) is 3.